The van der Waals surface area contributed by atoms with Crippen molar-refractivity contribution in [2.45, 2.75) is 13.8 Å². The first-order chi connectivity index (χ1) is 20.6. The number of hydrogen-bond acceptors (Lipinski definition) is 2. The number of para-hydroxylation sites is 3. The highest BCUT2D eigenvalue weighted by molar-refractivity contribution is 5.95. The molecule has 1 aromatic heterocycles. The van der Waals surface area contributed by atoms with Gasteiger partial charge in [0.2, 0.25) is 0 Å². The molecule has 0 amide bonds. The average Bonchev–Trinajstić information content (AvgIpc) is 3.32. The maximum Gasteiger partial charge on any atom is 0.117 e. The predicted molar refractivity (Wildman–Crippen MR) is 181 cm³/mol. The van der Waals surface area contributed by atoms with E-state index < -0.39 is 0 Å². The van der Waals surface area contributed by atoms with Crippen LogP contribution in [0.2, 0.25) is 0 Å². The second-order valence-corrected chi connectivity index (χ2v) is 9.83. The first kappa shape index (κ1) is 28.1. The molecule has 3 heteroatoms. The molecular weight excluding hydrogens is 510 g/mol. The van der Waals surface area contributed by atoms with Crippen LogP contribution in [-0.2, 0) is 0 Å². The Hall–Kier alpha value is -5.41. The first-order valence-electron chi connectivity index (χ1n) is 14.1. The number of benzene rings is 4. The summed E-state index contributed by atoms with van der Waals surface area (Å²) in [4.78, 5) is 0. The fourth-order valence-corrected chi connectivity index (χ4v) is 5.21. The molecule has 0 unspecified atom stereocenters. The summed E-state index contributed by atoms with van der Waals surface area (Å²) in [5.74, 6) is 0. The van der Waals surface area contributed by atoms with E-state index >= 15 is 0 Å². The number of allylic oxidation sites excluding steroid dienone is 7. The van der Waals surface area contributed by atoms with Gasteiger partial charge in [-0.3, -0.25) is 0 Å². The summed E-state index contributed by atoms with van der Waals surface area (Å²) < 4.78 is 2.28. The predicted octanol–water partition coefficient (Wildman–Crippen LogP) is 9.15. The zero-order chi connectivity index (χ0) is 29.5. The highest BCUT2D eigenvalue weighted by Gasteiger charge is 2.19. The van der Waals surface area contributed by atoms with E-state index in [1.54, 1.807) is 6.08 Å². The summed E-state index contributed by atoms with van der Waals surface area (Å²) in [6.45, 7) is 15.7. The van der Waals surface area contributed by atoms with E-state index in [0.29, 0.717) is 0 Å². The van der Waals surface area contributed by atoms with E-state index in [9.17, 15) is 0 Å². The van der Waals surface area contributed by atoms with Crippen LogP contribution < -0.4 is 15.7 Å². The lowest BCUT2D eigenvalue weighted by molar-refractivity contribution is 0.988. The van der Waals surface area contributed by atoms with E-state index in [1.165, 1.54) is 0 Å². The molecule has 0 radical (unpaired) electrons. The Bertz CT molecular complexity index is 1940. The van der Waals surface area contributed by atoms with Crippen LogP contribution in [0.4, 0.5) is 11.4 Å². The van der Waals surface area contributed by atoms with Gasteiger partial charge in [-0.2, -0.15) is 5.10 Å². The Balaban J connectivity index is 0.00000113. The molecule has 42 heavy (non-hydrogen) atoms. The molecule has 5 aromatic rings. The molecule has 0 saturated carbocycles. The van der Waals surface area contributed by atoms with E-state index in [4.69, 9.17) is 5.10 Å². The number of hydrogen-bond donors (Lipinski definition) is 0. The Morgan fingerprint density at radius 2 is 1.43 bits per heavy atom. The Labute approximate surface area is 248 Å². The molecule has 206 valence electrons. The molecule has 0 atom stereocenters. The van der Waals surface area contributed by atoms with Gasteiger partial charge in [0, 0.05) is 16.6 Å². The summed E-state index contributed by atoms with van der Waals surface area (Å²) in [5.41, 5.74) is 8.37. The monoisotopic (exact) mass is 545 g/mol. The van der Waals surface area contributed by atoms with Crippen LogP contribution in [0.5, 0.6) is 0 Å². The second-order valence-electron chi connectivity index (χ2n) is 9.83. The van der Waals surface area contributed by atoms with Crippen molar-refractivity contribution in [1.29, 1.82) is 0 Å². The molecule has 3 nitrogen and oxygen atoms in total. The molecule has 0 aliphatic carbocycles. The van der Waals surface area contributed by atoms with Crippen LogP contribution in [0, 0.1) is 0 Å². The van der Waals surface area contributed by atoms with E-state index in [0.717, 1.165) is 60.9 Å². The molecule has 4 aromatic carbocycles. The zero-order valence-corrected chi connectivity index (χ0v) is 24.2. The number of aromatic nitrogens is 1. The molecule has 0 spiro atoms. The van der Waals surface area contributed by atoms with Gasteiger partial charge in [0.05, 0.1) is 22.2 Å². The molecule has 0 N–H and O–H groups in total. The first-order valence-corrected chi connectivity index (χ1v) is 14.1. The topological polar surface area (TPSA) is 20.5 Å². The lowest BCUT2D eigenvalue weighted by Crippen LogP contribution is -2.32. The van der Waals surface area contributed by atoms with Crippen LogP contribution in [0.1, 0.15) is 25.0 Å². The highest BCUT2D eigenvalue weighted by atomic mass is 15.5. The van der Waals surface area contributed by atoms with Crippen molar-refractivity contribution < 1.29 is 0 Å². The van der Waals surface area contributed by atoms with Crippen LogP contribution in [0.3, 0.4) is 0 Å². The van der Waals surface area contributed by atoms with Gasteiger partial charge >= 0.3 is 0 Å². The summed E-state index contributed by atoms with van der Waals surface area (Å²) in [6.07, 6.45) is 11.9. The summed E-state index contributed by atoms with van der Waals surface area (Å²) in [7, 11) is 0. The largest absolute Gasteiger partial charge is 0.308 e. The number of anilines is 2. The van der Waals surface area contributed by atoms with Gasteiger partial charge in [0.25, 0.3) is 0 Å². The Morgan fingerprint density at radius 3 is 2.14 bits per heavy atom. The second kappa shape index (κ2) is 12.8. The number of fused-ring (bicyclic) bond motifs is 4. The quantitative estimate of drug-likeness (QED) is 0.159. The lowest BCUT2D eigenvalue weighted by atomic mass is 10.0. The number of rotatable bonds is 5. The number of nitrogens with zero attached hydrogens (tertiary/aromatic N) is 3. The average molecular weight is 546 g/mol. The van der Waals surface area contributed by atoms with Gasteiger partial charge in [0.1, 0.15) is 5.36 Å². The fourth-order valence-electron chi connectivity index (χ4n) is 5.21. The van der Waals surface area contributed by atoms with E-state index in [1.807, 2.05) is 43.2 Å². The minimum atomic E-state index is 0.912. The van der Waals surface area contributed by atoms with Gasteiger partial charge in [-0.05, 0) is 73.0 Å². The Kier molecular flexibility index (Phi) is 8.60. The van der Waals surface area contributed by atoms with Gasteiger partial charge in [-0.1, -0.05) is 110 Å². The van der Waals surface area contributed by atoms with Gasteiger partial charge in [-0.15, -0.1) is 6.58 Å². The summed E-state index contributed by atoms with van der Waals surface area (Å²) in [5, 5.41) is 10.4. The molecular formula is C39H35N3. The maximum absolute atomic E-state index is 5.36. The smallest absolute Gasteiger partial charge is 0.117 e. The standard InChI is InChI=1S/C36H29N3.C3H6/c1-4-13-27(14-5-2)28-21-23-30(24-22-28)39-34-20-12-9-17-31(34)26(3)25-35-36(37-39)32-18-10-11-19-33(32)38(35)29-15-7-6-8-16-29;1-3-2/h4-25H,1,3H2,2H3;3H,1H2,2H3/b14-5-,27-13+,35-25+,37-36-;. The summed E-state index contributed by atoms with van der Waals surface area (Å²) in [6, 6.07) is 35.7. The summed E-state index contributed by atoms with van der Waals surface area (Å²) >= 11 is 0. The molecule has 0 bridgehead atoms. The van der Waals surface area contributed by atoms with Crippen molar-refractivity contribution in [2.24, 2.45) is 5.10 Å². The minimum absolute atomic E-state index is 0.912. The third-order valence-electron chi connectivity index (χ3n) is 6.98. The van der Waals surface area contributed by atoms with Crippen molar-refractivity contribution in [3.63, 3.8) is 0 Å². The minimum Gasteiger partial charge on any atom is -0.308 e. The van der Waals surface area contributed by atoms with E-state index in [2.05, 4.69) is 134 Å². The van der Waals surface area contributed by atoms with Crippen LogP contribution in [-0.4, -0.2) is 4.57 Å². The molecule has 0 fully saturated rings. The van der Waals surface area contributed by atoms with Gasteiger partial charge in [-0.25, -0.2) is 5.01 Å². The highest BCUT2D eigenvalue weighted by Crippen LogP contribution is 2.34. The third kappa shape index (κ3) is 5.45. The van der Waals surface area contributed by atoms with Crippen molar-refractivity contribution in [1.82, 2.24) is 4.57 Å². The van der Waals surface area contributed by atoms with Crippen molar-refractivity contribution in [2.75, 3.05) is 5.01 Å². The Morgan fingerprint density at radius 1 is 0.762 bits per heavy atom. The zero-order valence-electron chi connectivity index (χ0n) is 24.2. The molecule has 2 heterocycles. The molecule has 0 saturated heterocycles. The lowest BCUT2D eigenvalue weighted by Gasteiger charge is -2.24. The van der Waals surface area contributed by atoms with Crippen LogP contribution in [0.15, 0.2) is 158 Å². The SMILES string of the molecule is C=C/C=C(\C=C/C)c1ccc(N2/N=c3\c(n(-c4ccccc4)c4ccccc34)=C/C(=C)c3ccccc32)cc1.C=CC. The fraction of sp³-hybridized carbons (Fsp3) is 0.0513. The van der Waals surface area contributed by atoms with Crippen LogP contribution >= 0.6 is 0 Å². The third-order valence-corrected chi connectivity index (χ3v) is 6.98. The van der Waals surface area contributed by atoms with Crippen LogP contribution in [0.25, 0.3) is 33.8 Å². The molecule has 6 rings (SSSR count). The van der Waals surface area contributed by atoms with Gasteiger partial charge in [0.15, 0.2) is 0 Å². The maximum atomic E-state index is 5.36. The molecule has 1 aliphatic rings. The molecule has 1 aliphatic heterocycles. The van der Waals surface area contributed by atoms with Gasteiger partial charge < -0.3 is 4.57 Å². The van der Waals surface area contributed by atoms with E-state index in [-0.39, 0.29) is 0 Å². The normalized spacial score (nSPS) is 14.3. The van der Waals surface area contributed by atoms with Crippen molar-refractivity contribution in [3.05, 3.63) is 175 Å². The van der Waals surface area contributed by atoms with Crippen molar-refractivity contribution >= 4 is 39.5 Å². The van der Waals surface area contributed by atoms with Crippen molar-refractivity contribution in [3.8, 4) is 5.69 Å².